The number of hydrogen-bond acceptors (Lipinski definition) is 2. The number of fused-ring (bicyclic) bond motifs is 3. The van der Waals surface area contributed by atoms with Gasteiger partial charge in [0.05, 0.1) is 5.69 Å². The molecule has 0 unspecified atom stereocenters. The molecule has 0 saturated carbocycles. The minimum Gasteiger partial charge on any atom is -0.510 e. The van der Waals surface area contributed by atoms with Crippen LogP contribution in [0.1, 0.15) is 103 Å². The molecule has 0 spiro atoms. The van der Waals surface area contributed by atoms with Gasteiger partial charge in [-0.1, -0.05) is 123 Å². The third-order valence-electron chi connectivity index (χ3n) is 11.0. The zero-order chi connectivity index (χ0) is 40.2. The van der Waals surface area contributed by atoms with Crippen molar-refractivity contribution in [3.8, 4) is 39.8 Å². The van der Waals surface area contributed by atoms with Crippen LogP contribution >= 0.6 is 0 Å². The van der Waals surface area contributed by atoms with E-state index in [1.807, 2.05) is 33.8 Å². The fourth-order valence-corrected chi connectivity index (χ4v) is 7.71. The van der Waals surface area contributed by atoms with E-state index in [9.17, 15) is 0 Å². The van der Waals surface area contributed by atoms with E-state index >= 15 is 0 Å². The maximum Gasteiger partial charge on any atom is 0.267 e. The van der Waals surface area contributed by atoms with Gasteiger partial charge in [0.2, 0.25) is 0 Å². The van der Waals surface area contributed by atoms with Gasteiger partial charge in [0.25, 0.3) is 6.33 Å². The van der Waals surface area contributed by atoms with Crippen molar-refractivity contribution in [3.63, 3.8) is 0 Å². The first-order valence-electron chi connectivity index (χ1n) is 20.1. The van der Waals surface area contributed by atoms with Gasteiger partial charge in [-0.3, -0.25) is 4.57 Å². The first-order valence-corrected chi connectivity index (χ1v) is 20.1. The second kappa shape index (κ2) is 15.8. The molecule has 0 aliphatic carbocycles. The molecule has 0 aliphatic heterocycles. The Kier molecular flexibility index (Phi) is 11.2. The standard InChI is InChI=1S/C52H52N4O.Pt/c1-34(2)43-15-13-16-44(35(3)4)50(43)36-18-20-39(21-19-36)54-26-27-55(33-54)40-28-38(52(8,9)10)29-42(31-40)57-41-22-23-46-45-14-11-12-17-47(45)56(48(46)32-41)49-30-37(24-25-53-49)51(5,6)7;/h11-30,34-35H,1-10H3;/q-2;. The fourth-order valence-electron chi connectivity index (χ4n) is 7.71. The van der Waals surface area contributed by atoms with Gasteiger partial charge in [0.1, 0.15) is 5.82 Å². The van der Waals surface area contributed by atoms with Crippen LogP contribution in [0.2, 0.25) is 0 Å². The Morgan fingerprint density at radius 1 is 0.672 bits per heavy atom. The molecule has 5 aromatic carbocycles. The molecule has 8 aromatic rings. The van der Waals surface area contributed by atoms with Crippen LogP contribution in [0.4, 0.5) is 0 Å². The van der Waals surface area contributed by atoms with Crippen LogP contribution in [0.25, 0.3) is 50.1 Å². The molecule has 3 aromatic heterocycles. The summed E-state index contributed by atoms with van der Waals surface area (Å²) in [7, 11) is 0. The van der Waals surface area contributed by atoms with E-state index in [0.717, 1.165) is 44.6 Å². The average Bonchev–Trinajstić information content (AvgIpc) is 3.80. The summed E-state index contributed by atoms with van der Waals surface area (Å²) < 4.78 is 12.9. The summed E-state index contributed by atoms with van der Waals surface area (Å²) >= 11 is 0. The van der Waals surface area contributed by atoms with Crippen LogP contribution in [-0.4, -0.2) is 14.1 Å². The Bertz CT molecular complexity index is 2710. The predicted octanol–water partition coefficient (Wildman–Crippen LogP) is 12.9. The number of benzene rings is 5. The number of para-hydroxylation sites is 1. The van der Waals surface area contributed by atoms with Crippen molar-refractivity contribution in [3.05, 3.63) is 162 Å². The van der Waals surface area contributed by atoms with Crippen LogP contribution in [0.5, 0.6) is 11.5 Å². The molecular formula is C52H52N4OPt-2. The molecular weight excluding hydrogens is 892 g/mol. The van der Waals surface area contributed by atoms with Gasteiger partial charge < -0.3 is 13.9 Å². The number of aromatic nitrogens is 4. The van der Waals surface area contributed by atoms with Crippen molar-refractivity contribution in [2.75, 3.05) is 0 Å². The maximum atomic E-state index is 6.67. The zero-order valence-corrected chi connectivity index (χ0v) is 37.5. The van der Waals surface area contributed by atoms with Crippen molar-refractivity contribution in [2.45, 2.75) is 91.9 Å². The van der Waals surface area contributed by atoms with Gasteiger partial charge in [-0.2, -0.15) is 17.7 Å². The summed E-state index contributed by atoms with van der Waals surface area (Å²) in [6, 6.07) is 43.9. The van der Waals surface area contributed by atoms with Crippen molar-refractivity contribution >= 4 is 21.8 Å². The predicted molar refractivity (Wildman–Crippen MR) is 233 cm³/mol. The summed E-state index contributed by atoms with van der Waals surface area (Å²) in [6.07, 6.45) is 9.51. The Labute approximate surface area is 358 Å². The van der Waals surface area contributed by atoms with Gasteiger partial charge in [0.15, 0.2) is 0 Å². The molecule has 0 radical (unpaired) electrons. The summed E-state index contributed by atoms with van der Waals surface area (Å²) in [6.45, 7) is 22.4. The normalized spacial score (nSPS) is 12.1. The second-order valence-electron chi connectivity index (χ2n) is 17.9. The number of ether oxygens (including phenoxy) is 1. The number of nitrogens with zero attached hydrogens (tertiary/aromatic N) is 4. The Morgan fingerprint density at radius 3 is 2.03 bits per heavy atom. The number of pyridine rings is 1. The summed E-state index contributed by atoms with van der Waals surface area (Å²) in [5.41, 5.74) is 11.4. The first-order chi connectivity index (χ1) is 27.2. The van der Waals surface area contributed by atoms with E-state index < -0.39 is 0 Å². The van der Waals surface area contributed by atoms with Crippen molar-refractivity contribution in [1.29, 1.82) is 0 Å². The van der Waals surface area contributed by atoms with E-state index in [1.165, 1.54) is 27.8 Å². The third-order valence-corrected chi connectivity index (χ3v) is 11.0. The number of hydrogen-bond donors (Lipinski definition) is 0. The molecule has 6 heteroatoms. The van der Waals surface area contributed by atoms with Crippen molar-refractivity contribution in [1.82, 2.24) is 14.1 Å². The monoisotopic (exact) mass is 943 g/mol. The Balaban J connectivity index is 0.00000512. The molecule has 0 N–H and O–H groups in total. The molecule has 0 saturated heterocycles. The van der Waals surface area contributed by atoms with Gasteiger partial charge in [-0.25, -0.2) is 4.98 Å². The molecule has 5 nitrogen and oxygen atoms in total. The van der Waals surface area contributed by atoms with Crippen LogP contribution in [0.3, 0.4) is 0 Å². The molecule has 0 aliphatic rings. The van der Waals surface area contributed by atoms with Crippen molar-refractivity contribution < 1.29 is 30.4 Å². The maximum absolute atomic E-state index is 6.67. The van der Waals surface area contributed by atoms with Crippen LogP contribution in [0, 0.1) is 18.5 Å². The third kappa shape index (κ3) is 7.94. The number of imidazole rings is 1. The Morgan fingerprint density at radius 2 is 1.36 bits per heavy atom. The Hall–Kier alpha value is -5.25. The minimum atomic E-state index is -0.133. The van der Waals surface area contributed by atoms with Crippen LogP contribution in [0.15, 0.2) is 122 Å². The second-order valence-corrected chi connectivity index (χ2v) is 17.9. The van der Waals surface area contributed by atoms with Gasteiger partial charge >= 0.3 is 0 Å². The quantitative estimate of drug-likeness (QED) is 0.112. The molecule has 58 heavy (non-hydrogen) atoms. The molecule has 298 valence electrons. The van der Waals surface area contributed by atoms with Crippen molar-refractivity contribution in [2.24, 2.45) is 0 Å². The van der Waals surface area contributed by atoms with E-state index in [0.29, 0.717) is 23.3 Å². The minimum absolute atomic E-state index is 0. The SMILES string of the molecule is CC(C)c1cccc(C(C)C)c1-c1ccc(-[n+]2[c-]n(-c3[c-]c(Oc4[c-]c5c(cc4)c4ccccc4n5-c4cc(C(C)(C)C)ccn4)cc(C(C)(C)C)c3)cc2)cc1.[Pt]. The van der Waals surface area contributed by atoms with E-state index in [1.54, 1.807) is 0 Å². The molecule has 0 amide bonds. The molecule has 0 bridgehead atoms. The van der Waals surface area contributed by atoms with E-state index in [4.69, 9.17) is 9.72 Å². The summed E-state index contributed by atoms with van der Waals surface area (Å²) in [4.78, 5) is 4.84. The fraction of sp³-hybridized carbons (Fsp3) is 0.269. The van der Waals surface area contributed by atoms with Gasteiger partial charge in [-0.15, -0.1) is 29.7 Å². The topological polar surface area (TPSA) is 35.9 Å². The summed E-state index contributed by atoms with van der Waals surface area (Å²) in [5.74, 6) is 2.96. The molecule has 8 rings (SSSR count). The molecule has 3 heterocycles. The smallest absolute Gasteiger partial charge is 0.267 e. The first kappa shape index (κ1) is 40.9. The van der Waals surface area contributed by atoms with Gasteiger partial charge in [0, 0.05) is 56.7 Å². The largest absolute Gasteiger partial charge is 0.510 e. The van der Waals surface area contributed by atoms with E-state index in [-0.39, 0.29) is 31.9 Å². The molecule has 0 fully saturated rings. The summed E-state index contributed by atoms with van der Waals surface area (Å²) in [5, 5.41) is 2.24. The van der Waals surface area contributed by atoms with Crippen LogP contribution in [-0.2, 0) is 31.9 Å². The van der Waals surface area contributed by atoms with Crippen LogP contribution < -0.4 is 9.30 Å². The molecule has 0 atom stereocenters. The average molecular weight is 944 g/mol. The zero-order valence-electron chi connectivity index (χ0n) is 35.2. The van der Waals surface area contributed by atoms with Gasteiger partial charge in [-0.05, 0) is 91.9 Å². The van der Waals surface area contributed by atoms with E-state index in [2.05, 4.69) is 189 Å². The number of rotatable bonds is 8.